The van der Waals surface area contributed by atoms with Gasteiger partial charge in [0.1, 0.15) is 5.78 Å². The van der Waals surface area contributed by atoms with Crippen LogP contribution in [0.2, 0.25) is 0 Å². The van der Waals surface area contributed by atoms with Crippen LogP contribution in [0.3, 0.4) is 0 Å². The highest BCUT2D eigenvalue weighted by Gasteiger charge is 2.59. The Kier molecular flexibility index (Phi) is 1.74. The van der Waals surface area contributed by atoms with Gasteiger partial charge in [-0.15, -0.1) is 0 Å². The van der Waals surface area contributed by atoms with Crippen molar-refractivity contribution in [3.8, 4) is 0 Å². The van der Waals surface area contributed by atoms with Gasteiger partial charge in [0.15, 0.2) is 0 Å². The molecule has 2 atom stereocenters. The van der Waals surface area contributed by atoms with Gasteiger partial charge in [0, 0.05) is 17.3 Å². The zero-order chi connectivity index (χ0) is 10.8. The molecule has 0 aliphatic heterocycles. The molecule has 2 heteroatoms. The van der Waals surface area contributed by atoms with Gasteiger partial charge in [0.2, 0.25) is 0 Å². The van der Waals surface area contributed by atoms with E-state index in [2.05, 4.69) is 0 Å². The molecule has 1 N–H and O–H groups in total. The van der Waals surface area contributed by atoms with Gasteiger partial charge in [-0.25, -0.2) is 0 Å². The van der Waals surface area contributed by atoms with E-state index in [1.807, 2.05) is 13.8 Å². The van der Waals surface area contributed by atoms with Crippen molar-refractivity contribution in [1.82, 2.24) is 0 Å². The molecule has 4 aliphatic carbocycles. The third kappa shape index (κ3) is 1.17. The minimum Gasteiger partial charge on any atom is -0.390 e. The van der Waals surface area contributed by atoms with E-state index < -0.39 is 5.60 Å². The third-order valence-electron chi connectivity index (χ3n) is 5.29. The van der Waals surface area contributed by atoms with E-state index in [0.717, 1.165) is 32.1 Å². The average molecular weight is 208 g/mol. The average Bonchev–Trinajstić information content (AvgIpc) is 2.10. The Hall–Kier alpha value is -0.370. The fourth-order valence-electron chi connectivity index (χ4n) is 4.50. The zero-order valence-corrected chi connectivity index (χ0v) is 9.62. The van der Waals surface area contributed by atoms with Gasteiger partial charge in [0.05, 0.1) is 5.60 Å². The topological polar surface area (TPSA) is 37.3 Å². The van der Waals surface area contributed by atoms with E-state index in [1.165, 1.54) is 0 Å². The van der Waals surface area contributed by atoms with E-state index >= 15 is 0 Å². The number of rotatable bonds is 1. The van der Waals surface area contributed by atoms with Gasteiger partial charge in [-0.2, -0.15) is 0 Å². The van der Waals surface area contributed by atoms with E-state index in [-0.39, 0.29) is 17.3 Å². The van der Waals surface area contributed by atoms with Gasteiger partial charge < -0.3 is 5.11 Å². The Labute approximate surface area is 91.1 Å². The zero-order valence-electron chi connectivity index (χ0n) is 9.62. The molecule has 0 spiro atoms. The van der Waals surface area contributed by atoms with Crippen molar-refractivity contribution < 1.29 is 9.90 Å². The van der Waals surface area contributed by atoms with Crippen LogP contribution < -0.4 is 0 Å². The van der Waals surface area contributed by atoms with Crippen LogP contribution in [-0.2, 0) is 4.79 Å². The highest BCUT2D eigenvalue weighted by Crippen LogP contribution is 2.62. The molecule has 0 amide bonds. The lowest BCUT2D eigenvalue weighted by Gasteiger charge is -2.60. The minimum atomic E-state index is -0.608. The molecule has 4 saturated carbocycles. The highest BCUT2D eigenvalue weighted by atomic mass is 16.3. The molecule has 4 fully saturated rings. The summed E-state index contributed by atoms with van der Waals surface area (Å²) < 4.78 is 0. The fourth-order valence-corrected chi connectivity index (χ4v) is 4.50. The second-order valence-electron chi connectivity index (χ2n) is 6.59. The van der Waals surface area contributed by atoms with E-state index in [0.29, 0.717) is 11.7 Å². The predicted octanol–water partition coefficient (Wildman–Crippen LogP) is 2.15. The maximum atomic E-state index is 12.0. The summed E-state index contributed by atoms with van der Waals surface area (Å²) in [7, 11) is 0. The summed E-state index contributed by atoms with van der Waals surface area (Å²) >= 11 is 0. The number of hydrogen-bond acceptors (Lipinski definition) is 2. The van der Waals surface area contributed by atoms with Crippen LogP contribution >= 0.6 is 0 Å². The maximum absolute atomic E-state index is 12.0. The molecular weight excluding hydrogens is 188 g/mol. The number of ketones is 1. The SMILES string of the molecule is CC(C)(O)C12CC3CC(C1)C(=O)C(C3)C2. The van der Waals surface area contributed by atoms with E-state index in [1.54, 1.807) is 0 Å². The summed E-state index contributed by atoms with van der Waals surface area (Å²) in [5.74, 6) is 1.78. The third-order valence-corrected chi connectivity index (χ3v) is 5.29. The van der Waals surface area contributed by atoms with Crippen LogP contribution in [0.5, 0.6) is 0 Å². The van der Waals surface area contributed by atoms with Crippen LogP contribution in [0.4, 0.5) is 0 Å². The quantitative estimate of drug-likeness (QED) is 0.717. The smallest absolute Gasteiger partial charge is 0.139 e. The molecule has 0 aromatic heterocycles. The Morgan fingerprint density at radius 1 is 1.20 bits per heavy atom. The van der Waals surface area contributed by atoms with Crippen LogP contribution in [0.15, 0.2) is 0 Å². The number of Topliss-reactive ketones (excluding diaryl/α,β-unsaturated/α-hetero) is 1. The molecule has 84 valence electrons. The van der Waals surface area contributed by atoms with Crippen molar-refractivity contribution in [3.05, 3.63) is 0 Å². The molecule has 4 aliphatic rings. The largest absolute Gasteiger partial charge is 0.390 e. The monoisotopic (exact) mass is 208 g/mol. The first kappa shape index (κ1) is 9.83. The molecule has 0 radical (unpaired) electrons. The van der Waals surface area contributed by atoms with Crippen molar-refractivity contribution in [3.63, 3.8) is 0 Å². The van der Waals surface area contributed by atoms with Crippen LogP contribution in [-0.4, -0.2) is 16.5 Å². The molecule has 0 saturated heterocycles. The number of carbonyl (C=O) groups is 1. The first-order valence-corrected chi connectivity index (χ1v) is 6.17. The van der Waals surface area contributed by atoms with Crippen molar-refractivity contribution >= 4 is 5.78 Å². The lowest BCUT2D eigenvalue weighted by Crippen LogP contribution is -2.59. The molecule has 0 heterocycles. The summed E-state index contributed by atoms with van der Waals surface area (Å²) in [5.41, 5.74) is -0.555. The number of hydrogen-bond donors (Lipinski definition) is 1. The predicted molar refractivity (Wildman–Crippen MR) is 57.3 cm³/mol. The van der Waals surface area contributed by atoms with Crippen molar-refractivity contribution in [2.75, 3.05) is 0 Å². The molecule has 0 aromatic carbocycles. The molecular formula is C13H20O2. The number of aliphatic hydroxyl groups is 1. The van der Waals surface area contributed by atoms with Crippen molar-refractivity contribution in [2.45, 2.75) is 51.6 Å². The standard InChI is InChI=1S/C13H20O2/c1-12(2,15)13-5-8-3-9(6-13)11(14)10(4-8)7-13/h8-10,15H,3-7H2,1-2H3. The molecule has 15 heavy (non-hydrogen) atoms. The first-order chi connectivity index (χ1) is 6.91. The minimum absolute atomic E-state index is 0.0530. The van der Waals surface area contributed by atoms with Crippen molar-refractivity contribution in [2.24, 2.45) is 23.2 Å². The van der Waals surface area contributed by atoms with Crippen LogP contribution in [0.25, 0.3) is 0 Å². The summed E-state index contributed by atoms with van der Waals surface area (Å²) in [5, 5.41) is 10.4. The molecule has 2 unspecified atom stereocenters. The lowest BCUT2D eigenvalue weighted by molar-refractivity contribution is -0.175. The Morgan fingerprint density at radius 3 is 2.20 bits per heavy atom. The van der Waals surface area contributed by atoms with Gasteiger partial charge in [-0.05, 0) is 51.9 Å². The van der Waals surface area contributed by atoms with Crippen molar-refractivity contribution in [1.29, 1.82) is 0 Å². The normalized spacial score (nSPS) is 48.7. The molecule has 4 rings (SSSR count). The van der Waals surface area contributed by atoms with Gasteiger partial charge in [0.25, 0.3) is 0 Å². The highest BCUT2D eigenvalue weighted by molar-refractivity contribution is 5.85. The van der Waals surface area contributed by atoms with Gasteiger partial charge in [-0.1, -0.05) is 0 Å². The summed E-state index contributed by atoms with van der Waals surface area (Å²) in [6.07, 6.45) is 5.25. The van der Waals surface area contributed by atoms with Crippen LogP contribution in [0, 0.1) is 23.2 Å². The Morgan fingerprint density at radius 2 is 1.73 bits per heavy atom. The van der Waals surface area contributed by atoms with Gasteiger partial charge in [-0.3, -0.25) is 4.79 Å². The van der Waals surface area contributed by atoms with Gasteiger partial charge >= 0.3 is 0 Å². The van der Waals surface area contributed by atoms with Crippen LogP contribution in [0.1, 0.15) is 46.0 Å². The molecule has 2 nitrogen and oxygen atoms in total. The lowest BCUT2D eigenvalue weighted by atomic mass is 9.45. The second kappa shape index (κ2) is 2.65. The summed E-state index contributed by atoms with van der Waals surface area (Å²) in [6.45, 7) is 3.87. The van der Waals surface area contributed by atoms with E-state index in [9.17, 15) is 9.90 Å². The maximum Gasteiger partial charge on any atom is 0.139 e. The summed E-state index contributed by atoms with van der Waals surface area (Å²) in [4.78, 5) is 12.0. The second-order valence-corrected chi connectivity index (χ2v) is 6.59. The molecule has 4 bridgehead atoms. The first-order valence-electron chi connectivity index (χ1n) is 6.17. The van der Waals surface area contributed by atoms with E-state index in [4.69, 9.17) is 0 Å². The Balaban J connectivity index is 1.99. The number of carbonyl (C=O) groups excluding carboxylic acids is 1. The molecule has 0 aromatic rings. The fraction of sp³-hybridized carbons (Fsp3) is 0.923. The summed E-state index contributed by atoms with van der Waals surface area (Å²) in [6, 6.07) is 0. The Bertz CT molecular complexity index is 295.